The Kier molecular flexibility index (Phi) is 8.13. The van der Waals surface area contributed by atoms with E-state index in [4.69, 9.17) is 21.4 Å². The van der Waals surface area contributed by atoms with Gasteiger partial charge in [-0.15, -0.1) is 0 Å². The van der Waals surface area contributed by atoms with E-state index in [0.717, 1.165) is 12.2 Å². The maximum atomic E-state index is 11.9. The number of nitrogens with one attached hydrogen (secondary N) is 1. The third-order valence-corrected chi connectivity index (χ3v) is 3.98. The van der Waals surface area contributed by atoms with Crippen molar-refractivity contribution in [1.82, 2.24) is 5.32 Å². The summed E-state index contributed by atoms with van der Waals surface area (Å²) in [5, 5.41) is 3.27. The van der Waals surface area contributed by atoms with Gasteiger partial charge in [-0.2, -0.15) is 11.8 Å². The molecule has 7 heteroatoms. The molecule has 118 valence electrons. The van der Waals surface area contributed by atoms with E-state index >= 15 is 0 Å². The van der Waals surface area contributed by atoms with Gasteiger partial charge in [0.2, 0.25) is 8.32 Å². The number of thiocarbonyl (C=S) groups is 1. The van der Waals surface area contributed by atoms with Gasteiger partial charge in [0.05, 0.1) is 6.04 Å². The van der Waals surface area contributed by atoms with Gasteiger partial charge in [0.15, 0.2) is 5.05 Å². The van der Waals surface area contributed by atoms with Crippen LogP contribution in [0.25, 0.3) is 0 Å². The van der Waals surface area contributed by atoms with Gasteiger partial charge in [-0.1, -0.05) is 0 Å². The fourth-order valence-electron chi connectivity index (χ4n) is 1.31. The average molecular weight is 338 g/mol. The summed E-state index contributed by atoms with van der Waals surface area (Å²) in [4.78, 5) is 11.9. The maximum absolute atomic E-state index is 11.9. The van der Waals surface area contributed by atoms with Crippen LogP contribution in [-0.2, 0) is 9.16 Å². The molecule has 0 aromatic rings. The minimum atomic E-state index is -1.76. The van der Waals surface area contributed by atoms with Gasteiger partial charge in [-0.3, -0.25) is 0 Å². The van der Waals surface area contributed by atoms with Gasteiger partial charge < -0.3 is 14.5 Å². The number of amides is 1. The molecule has 0 saturated heterocycles. The Balaban J connectivity index is 4.63. The van der Waals surface area contributed by atoms with Crippen LogP contribution in [0.3, 0.4) is 0 Å². The molecular weight excluding hydrogens is 310 g/mol. The first-order valence-corrected chi connectivity index (χ1v) is 11.9. The highest BCUT2D eigenvalue weighted by molar-refractivity contribution is 7.98. The fraction of sp³-hybridized carbons (Fsp3) is 0.846. The highest BCUT2D eigenvalue weighted by atomic mass is 32.2. The molecule has 1 atom stereocenters. The molecule has 1 N–H and O–H groups in total. The Morgan fingerprint density at radius 1 is 1.35 bits per heavy atom. The highest BCUT2D eigenvalue weighted by Crippen LogP contribution is 2.12. The van der Waals surface area contributed by atoms with Gasteiger partial charge in [0.25, 0.3) is 0 Å². The third kappa shape index (κ3) is 10.5. The van der Waals surface area contributed by atoms with Gasteiger partial charge in [-0.05, 0) is 71.1 Å². The second-order valence-electron chi connectivity index (χ2n) is 6.51. The normalized spacial score (nSPS) is 13.6. The number of carbonyl (C=O) groups excluding carboxylic acids is 1. The van der Waals surface area contributed by atoms with E-state index in [1.165, 1.54) is 0 Å². The fourth-order valence-corrected chi connectivity index (χ4v) is 3.45. The van der Waals surface area contributed by atoms with Crippen molar-refractivity contribution in [3.63, 3.8) is 0 Å². The molecule has 0 fully saturated rings. The zero-order valence-corrected chi connectivity index (χ0v) is 16.2. The van der Waals surface area contributed by atoms with Crippen molar-refractivity contribution >= 4 is 43.4 Å². The minimum absolute atomic E-state index is 0.279. The standard InChI is InChI=1S/C13H27NO3S2Si/c1-13(2,3)16-12(15)14-10(8-9-19-4)11(18)17-20(5,6)7/h10H,8-9H2,1-7H3,(H,14,15). The van der Waals surface area contributed by atoms with Crippen molar-refractivity contribution in [2.24, 2.45) is 0 Å². The third-order valence-electron chi connectivity index (χ3n) is 1.99. The van der Waals surface area contributed by atoms with Crippen molar-refractivity contribution < 1.29 is 14.0 Å². The molecule has 0 aromatic carbocycles. The predicted molar refractivity (Wildman–Crippen MR) is 93.2 cm³/mol. The molecule has 4 nitrogen and oxygen atoms in total. The van der Waals surface area contributed by atoms with Crippen molar-refractivity contribution in [2.45, 2.75) is 58.5 Å². The van der Waals surface area contributed by atoms with Crippen molar-refractivity contribution in [1.29, 1.82) is 0 Å². The van der Waals surface area contributed by atoms with Gasteiger partial charge >= 0.3 is 6.09 Å². The summed E-state index contributed by atoms with van der Waals surface area (Å²) < 4.78 is 11.1. The van der Waals surface area contributed by atoms with E-state index in [9.17, 15) is 4.79 Å². The number of rotatable bonds is 6. The largest absolute Gasteiger partial charge is 0.538 e. The number of hydrogen-bond donors (Lipinski definition) is 1. The first-order chi connectivity index (χ1) is 8.94. The van der Waals surface area contributed by atoms with Crippen molar-refractivity contribution in [2.75, 3.05) is 12.0 Å². The topological polar surface area (TPSA) is 47.6 Å². The van der Waals surface area contributed by atoms with E-state index in [2.05, 4.69) is 25.0 Å². The zero-order chi connectivity index (χ0) is 16.0. The van der Waals surface area contributed by atoms with E-state index in [1.54, 1.807) is 11.8 Å². The minimum Gasteiger partial charge on any atom is -0.538 e. The summed E-state index contributed by atoms with van der Waals surface area (Å²) >= 11 is 7.04. The second kappa shape index (κ2) is 8.24. The second-order valence-corrected chi connectivity index (χ2v) is 12.3. The smallest absolute Gasteiger partial charge is 0.408 e. The van der Waals surface area contributed by atoms with Crippen LogP contribution in [0.1, 0.15) is 27.2 Å². The van der Waals surface area contributed by atoms with Gasteiger partial charge in [0.1, 0.15) is 5.60 Å². The molecule has 0 aliphatic heterocycles. The Labute approximate surface area is 133 Å². The Hall–Kier alpha value is -0.273. The average Bonchev–Trinajstić information content (AvgIpc) is 2.18. The summed E-state index contributed by atoms with van der Waals surface area (Å²) in [5.74, 6) is 0.898. The number of alkyl carbamates (subject to hydrolysis) is 1. The SMILES string of the molecule is CSCCC(NC(=O)OC(C)(C)C)C(=S)O[Si](C)(C)C. The van der Waals surface area contributed by atoms with E-state index < -0.39 is 20.0 Å². The lowest BCUT2D eigenvalue weighted by Crippen LogP contribution is -2.46. The maximum Gasteiger partial charge on any atom is 0.408 e. The first kappa shape index (κ1) is 19.7. The number of hydrogen-bond acceptors (Lipinski definition) is 5. The highest BCUT2D eigenvalue weighted by Gasteiger charge is 2.26. The van der Waals surface area contributed by atoms with E-state index in [-0.39, 0.29) is 6.04 Å². The van der Waals surface area contributed by atoms with Crippen LogP contribution in [0.15, 0.2) is 0 Å². The summed E-state index contributed by atoms with van der Waals surface area (Å²) in [6.07, 6.45) is 2.31. The zero-order valence-electron chi connectivity index (χ0n) is 13.5. The van der Waals surface area contributed by atoms with Crippen LogP contribution >= 0.6 is 24.0 Å². The number of thioether (sulfide) groups is 1. The van der Waals surface area contributed by atoms with Crippen molar-refractivity contribution in [3.8, 4) is 0 Å². The lowest BCUT2D eigenvalue weighted by atomic mass is 10.2. The lowest BCUT2D eigenvalue weighted by Gasteiger charge is -2.27. The predicted octanol–water partition coefficient (Wildman–Crippen LogP) is 3.81. The van der Waals surface area contributed by atoms with Crippen LogP contribution < -0.4 is 5.32 Å². The molecule has 0 bridgehead atoms. The van der Waals surface area contributed by atoms with Crippen LogP contribution in [0, 0.1) is 0 Å². The molecule has 0 aliphatic carbocycles. The Bertz CT molecular complexity index is 337. The van der Waals surface area contributed by atoms with E-state index in [1.807, 2.05) is 27.0 Å². The molecular formula is C13H27NO3S2Si. The van der Waals surface area contributed by atoms with E-state index in [0.29, 0.717) is 5.05 Å². The number of ether oxygens (including phenoxy) is 1. The molecule has 0 spiro atoms. The Morgan fingerprint density at radius 3 is 2.30 bits per heavy atom. The molecule has 0 aromatic heterocycles. The molecule has 0 saturated carbocycles. The molecule has 20 heavy (non-hydrogen) atoms. The number of carbonyl (C=O) groups is 1. The van der Waals surface area contributed by atoms with Crippen LogP contribution in [0.2, 0.25) is 19.6 Å². The van der Waals surface area contributed by atoms with Crippen LogP contribution in [0.4, 0.5) is 4.79 Å². The van der Waals surface area contributed by atoms with Crippen LogP contribution in [0.5, 0.6) is 0 Å². The van der Waals surface area contributed by atoms with Crippen LogP contribution in [-0.4, -0.2) is 43.1 Å². The first-order valence-electron chi connectivity index (χ1n) is 6.66. The summed E-state index contributed by atoms with van der Waals surface area (Å²) in [5.41, 5.74) is -0.518. The Morgan fingerprint density at radius 2 is 1.90 bits per heavy atom. The molecule has 0 aliphatic rings. The molecule has 1 unspecified atom stereocenters. The molecule has 0 heterocycles. The van der Waals surface area contributed by atoms with Gasteiger partial charge in [0, 0.05) is 0 Å². The molecule has 0 rings (SSSR count). The lowest BCUT2D eigenvalue weighted by molar-refractivity contribution is 0.0515. The summed E-state index contributed by atoms with van der Waals surface area (Å²) in [6, 6.07) is -0.279. The molecule has 1 amide bonds. The van der Waals surface area contributed by atoms with Crippen molar-refractivity contribution in [3.05, 3.63) is 0 Å². The summed E-state index contributed by atoms with van der Waals surface area (Å²) in [6.45, 7) is 11.7. The molecule has 0 radical (unpaired) electrons. The summed E-state index contributed by atoms with van der Waals surface area (Å²) in [7, 11) is -1.76. The van der Waals surface area contributed by atoms with Gasteiger partial charge in [-0.25, -0.2) is 4.79 Å². The monoisotopic (exact) mass is 337 g/mol. The quantitative estimate of drug-likeness (QED) is 0.590.